The van der Waals surface area contributed by atoms with Crippen LogP contribution in [0.25, 0.3) is 0 Å². The largest absolute Gasteiger partial charge is 0.494 e. The van der Waals surface area contributed by atoms with E-state index in [9.17, 15) is 23.5 Å². The van der Waals surface area contributed by atoms with E-state index in [1.165, 1.54) is 48.5 Å². The maximum Gasteiger partial charge on any atom is 0.333 e. The number of aromatic nitrogens is 2. The first-order valence-electron chi connectivity index (χ1n) is 8.59. The Labute approximate surface area is 174 Å². The summed E-state index contributed by atoms with van der Waals surface area (Å²) in [6.45, 7) is -1.14. The van der Waals surface area contributed by atoms with Gasteiger partial charge < -0.3 is 5.11 Å². The third-order valence-electron chi connectivity index (χ3n) is 4.41. The molecule has 0 aliphatic carbocycles. The van der Waals surface area contributed by atoms with E-state index in [2.05, 4.69) is 0 Å². The Bertz CT molecular complexity index is 1110. The van der Waals surface area contributed by atoms with Crippen molar-refractivity contribution in [1.82, 2.24) is 9.13 Å². The maximum atomic E-state index is 14.6. The Morgan fingerprint density at radius 2 is 1.21 bits per heavy atom. The van der Waals surface area contributed by atoms with Crippen molar-refractivity contribution in [3.8, 4) is 5.88 Å². The number of alkyl halides is 2. The molecule has 3 rings (SSSR count). The van der Waals surface area contributed by atoms with Crippen LogP contribution >= 0.6 is 23.2 Å². The molecule has 1 heterocycles. The van der Waals surface area contributed by atoms with E-state index >= 15 is 0 Å². The van der Waals surface area contributed by atoms with Gasteiger partial charge in [-0.1, -0.05) is 47.5 Å². The molecule has 0 unspecified atom stereocenters. The fourth-order valence-electron chi connectivity index (χ4n) is 2.82. The molecule has 152 valence electrons. The van der Waals surface area contributed by atoms with Crippen LogP contribution in [-0.2, 0) is 13.1 Å². The van der Waals surface area contributed by atoms with Gasteiger partial charge >= 0.3 is 5.69 Å². The molecule has 5 nitrogen and oxygen atoms in total. The lowest BCUT2D eigenvalue weighted by Gasteiger charge is -2.16. The highest BCUT2D eigenvalue weighted by Gasteiger charge is 2.19. The molecule has 0 saturated carbocycles. The highest BCUT2D eigenvalue weighted by Crippen LogP contribution is 2.23. The van der Waals surface area contributed by atoms with Crippen LogP contribution in [0.4, 0.5) is 8.78 Å². The minimum absolute atomic E-state index is 0.227. The van der Waals surface area contributed by atoms with Gasteiger partial charge in [0.05, 0.1) is 19.2 Å². The van der Waals surface area contributed by atoms with Crippen LogP contribution in [0.2, 0.25) is 10.0 Å². The van der Waals surface area contributed by atoms with Gasteiger partial charge in [-0.3, -0.25) is 13.9 Å². The van der Waals surface area contributed by atoms with E-state index in [-0.39, 0.29) is 11.1 Å². The number of hydrogen-bond acceptors (Lipinski definition) is 3. The molecule has 2 atom stereocenters. The van der Waals surface area contributed by atoms with Gasteiger partial charge in [0.1, 0.15) is 12.3 Å². The summed E-state index contributed by atoms with van der Waals surface area (Å²) in [7, 11) is 0. The van der Waals surface area contributed by atoms with Gasteiger partial charge in [-0.05, 0) is 35.4 Å². The fourth-order valence-corrected chi connectivity index (χ4v) is 3.07. The van der Waals surface area contributed by atoms with Crippen LogP contribution < -0.4 is 11.2 Å². The molecule has 0 aliphatic rings. The highest BCUT2D eigenvalue weighted by atomic mass is 35.5. The quantitative estimate of drug-likeness (QED) is 0.615. The summed E-state index contributed by atoms with van der Waals surface area (Å²) in [4.78, 5) is 24.8. The van der Waals surface area contributed by atoms with Crippen LogP contribution in [0.15, 0.2) is 64.2 Å². The molecule has 0 bridgehead atoms. The van der Waals surface area contributed by atoms with Crippen molar-refractivity contribution < 1.29 is 13.9 Å². The third kappa shape index (κ3) is 4.86. The molecule has 0 radical (unpaired) electrons. The number of rotatable bonds is 6. The Morgan fingerprint density at radius 3 is 1.66 bits per heavy atom. The molecule has 0 fully saturated rings. The Hall–Kier alpha value is -2.64. The molecule has 9 heteroatoms. The van der Waals surface area contributed by atoms with E-state index in [1.807, 2.05) is 0 Å². The second-order valence-electron chi connectivity index (χ2n) is 6.38. The molecule has 29 heavy (non-hydrogen) atoms. The zero-order chi connectivity index (χ0) is 21.1. The first-order valence-corrected chi connectivity index (χ1v) is 9.34. The summed E-state index contributed by atoms with van der Waals surface area (Å²) in [6, 6.07) is 12.5. The molecule has 0 amide bonds. The van der Waals surface area contributed by atoms with E-state index < -0.39 is 42.6 Å². The molecule has 2 aromatic carbocycles. The average molecular weight is 441 g/mol. The number of nitrogens with zero attached hydrogens (tertiary/aromatic N) is 2. The van der Waals surface area contributed by atoms with Gasteiger partial charge in [0, 0.05) is 10.0 Å². The van der Waals surface area contributed by atoms with Gasteiger partial charge in [-0.2, -0.15) is 0 Å². The molecule has 0 spiro atoms. The zero-order valence-corrected chi connectivity index (χ0v) is 16.4. The summed E-state index contributed by atoms with van der Waals surface area (Å²) in [5, 5.41) is 10.8. The van der Waals surface area contributed by atoms with Crippen LogP contribution in [0.1, 0.15) is 23.5 Å². The Balaban J connectivity index is 1.89. The fraction of sp³-hybridized carbons (Fsp3) is 0.200. The van der Waals surface area contributed by atoms with Crippen LogP contribution in [0, 0.1) is 0 Å². The lowest BCUT2D eigenvalue weighted by atomic mass is 10.1. The zero-order valence-electron chi connectivity index (χ0n) is 14.9. The van der Waals surface area contributed by atoms with Crippen molar-refractivity contribution >= 4 is 23.2 Å². The van der Waals surface area contributed by atoms with Crippen molar-refractivity contribution in [2.75, 3.05) is 0 Å². The Kier molecular flexibility index (Phi) is 6.39. The standard InChI is InChI=1S/C20H16Cl2F2N2O3/c21-14-5-1-12(2-6-14)16(23)10-25-18(27)9-19(28)26(20(25)29)11-17(24)13-3-7-15(22)8-4-13/h1-9,16-17,27H,10-11H2/t16-,17-/m1/s1. The maximum absolute atomic E-state index is 14.6. The van der Waals surface area contributed by atoms with E-state index in [4.69, 9.17) is 23.2 Å². The van der Waals surface area contributed by atoms with Gasteiger partial charge in [0.25, 0.3) is 5.56 Å². The monoisotopic (exact) mass is 440 g/mol. The van der Waals surface area contributed by atoms with Crippen molar-refractivity contribution in [3.05, 3.63) is 96.6 Å². The topological polar surface area (TPSA) is 64.2 Å². The summed E-state index contributed by atoms with van der Waals surface area (Å²) >= 11 is 11.5. The van der Waals surface area contributed by atoms with Crippen LogP contribution in [-0.4, -0.2) is 14.2 Å². The number of hydrogen-bond donors (Lipinski definition) is 1. The molecule has 0 aliphatic heterocycles. The number of aromatic hydroxyl groups is 1. The molecule has 0 saturated heterocycles. The molecular weight excluding hydrogens is 425 g/mol. The van der Waals surface area contributed by atoms with Crippen molar-refractivity contribution in [1.29, 1.82) is 0 Å². The van der Waals surface area contributed by atoms with E-state index in [0.29, 0.717) is 19.2 Å². The first-order chi connectivity index (χ1) is 13.8. The van der Waals surface area contributed by atoms with E-state index in [1.54, 1.807) is 0 Å². The molecule has 1 aromatic heterocycles. The van der Waals surface area contributed by atoms with Gasteiger partial charge in [0.15, 0.2) is 0 Å². The lowest BCUT2D eigenvalue weighted by Crippen LogP contribution is -2.40. The summed E-state index contributed by atoms with van der Waals surface area (Å²) in [6.07, 6.45) is -3.33. The predicted molar refractivity (Wildman–Crippen MR) is 107 cm³/mol. The summed E-state index contributed by atoms with van der Waals surface area (Å²) in [5.41, 5.74) is -1.43. The number of benzene rings is 2. The number of halogens is 4. The average Bonchev–Trinajstić information content (AvgIpc) is 2.69. The Morgan fingerprint density at radius 1 is 0.793 bits per heavy atom. The van der Waals surface area contributed by atoms with E-state index in [0.717, 1.165) is 6.07 Å². The van der Waals surface area contributed by atoms with Gasteiger partial charge in [-0.25, -0.2) is 13.6 Å². The second kappa shape index (κ2) is 8.80. The smallest absolute Gasteiger partial charge is 0.333 e. The minimum Gasteiger partial charge on any atom is -0.494 e. The van der Waals surface area contributed by atoms with Crippen molar-refractivity contribution in [2.24, 2.45) is 0 Å². The lowest BCUT2D eigenvalue weighted by molar-refractivity contribution is 0.261. The van der Waals surface area contributed by atoms with Gasteiger partial charge in [-0.15, -0.1) is 0 Å². The van der Waals surface area contributed by atoms with Crippen LogP contribution in [0.3, 0.4) is 0 Å². The van der Waals surface area contributed by atoms with Gasteiger partial charge in [0.2, 0.25) is 5.88 Å². The van der Waals surface area contributed by atoms with Crippen LogP contribution in [0.5, 0.6) is 5.88 Å². The minimum atomic E-state index is -1.67. The summed E-state index contributed by atoms with van der Waals surface area (Å²) in [5.74, 6) is -0.699. The SMILES string of the molecule is O=c1cc(O)n(C[C@@H](F)c2ccc(Cl)cc2)c(=O)n1C[C@@H](F)c1ccc(Cl)cc1. The summed E-state index contributed by atoms with van der Waals surface area (Å²) < 4.78 is 30.5. The molecular formula is C20H16Cl2F2N2O3. The molecule has 1 N–H and O–H groups in total. The highest BCUT2D eigenvalue weighted by molar-refractivity contribution is 6.30. The first kappa shape index (κ1) is 21.1. The predicted octanol–water partition coefficient (Wildman–Crippen LogP) is 4.44. The normalized spacial score (nSPS) is 13.2. The third-order valence-corrected chi connectivity index (χ3v) is 4.91. The second-order valence-corrected chi connectivity index (χ2v) is 7.26. The van der Waals surface area contributed by atoms with Crippen molar-refractivity contribution in [3.63, 3.8) is 0 Å². The van der Waals surface area contributed by atoms with Crippen molar-refractivity contribution in [2.45, 2.75) is 25.4 Å². The molecule has 3 aromatic rings.